The van der Waals surface area contributed by atoms with Gasteiger partial charge in [0.1, 0.15) is 4.90 Å². The molecule has 0 unspecified atom stereocenters. The third-order valence-corrected chi connectivity index (χ3v) is 5.65. The molecular weight excluding hydrogens is 292 g/mol. The van der Waals surface area contributed by atoms with Crippen LogP contribution in [-0.4, -0.2) is 62.4 Å². The van der Waals surface area contributed by atoms with Crippen LogP contribution < -0.4 is 5.32 Å². The summed E-state index contributed by atoms with van der Waals surface area (Å²) < 4.78 is 33.6. The van der Waals surface area contributed by atoms with Crippen LogP contribution in [0, 0.1) is 0 Å². The first kappa shape index (κ1) is 16.4. The third-order valence-electron chi connectivity index (χ3n) is 3.80. The molecule has 21 heavy (non-hydrogen) atoms. The summed E-state index contributed by atoms with van der Waals surface area (Å²) in [6.45, 7) is 2.60. The Morgan fingerprint density at radius 2 is 2.14 bits per heavy atom. The number of hydrogen-bond donors (Lipinski definition) is 1. The van der Waals surface area contributed by atoms with E-state index >= 15 is 0 Å². The zero-order chi connectivity index (χ0) is 15.3. The molecule has 1 saturated heterocycles. The number of aryl methyl sites for hydroxylation is 1. The van der Waals surface area contributed by atoms with Gasteiger partial charge >= 0.3 is 0 Å². The molecule has 1 N–H and O–H groups in total. The maximum absolute atomic E-state index is 12.5. The van der Waals surface area contributed by atoms with Gasteiger partial charge in [0, 0.05) is 32.9 Å². The molecule has 0 saturated carbocycles. The number of piperidine rings is 1. The highest BCUT2D eigenvalue weighted by atomic mass is 32.2. The van der Waals surface area contributed by atoms with Crippen LogP contribution in [0.3, 0.4) is 0 Å². The summed E-state index contributed by atoms with van der Waals surface area (Å²) >= 11 is 0. The molecule has 0 aromatic carbocycles. The van der Waals surface area contributed by atoms with Crippen molar-refractivity contribution in [2.24, 2.45) is 0 Å². The Morgan fingerprint density at radius 3 is 2.76 bits per heavy atom. The zero-order valence-corrected chi connectivity index (χ0v) is 13.5. The van der Waals surface area contributed by atoms with Crippen molar-refractivity contribution in [1.82, 2.24) is 19.4 Å². The molecule has 1 aliphatic heterocycles. The van der Waals surface area contributed by atoms with E-state index in [1.807, 2.05) is 7.05 Å². The Kier molecular flexibility index (Phi) is 5.74. The summed E-state index contributed by atoms with van der Waals surface area (Å²) in [5, 5.41) is 7.20. The fraction of sp³-hybridized carbons (Fsp3) is 0.769. The fourth-order valence-electron chi connectivity index (χ4n) is 2.48. The van der Waals surface area contributed by atoms with Crippen LogP contribution in [0.25, 0.3) is 0 Å². The zero-order valence-electron chi connectivity index (χ0n) is 12.7. The first-order chi connectivity index (χ1) is 10.1. The number of sulfonamides is 1. The Balaban J connectivity index is 1.99. The second-order valence-corrected chi connectivity index (χ2v) is 7.17. The lowest BCUT2D eigenvalue weighted by molar-refractivity contribution is 0.0604. The van der Waals surface area contributed by atoms with E-state index in [4.69, 9.17) is 4.74 Å². The SMILES string of the molecule is CNCCCn1cc(S(=O)(=O)N2CCC(OC)CC2)cn1. The molecule has 1 aromatic rings. The average Bonchev–Trinajstić information content (AvgIpc) is 2.97. The summed E-state index contributed by atoms with van der Waals surface area (Å²) in [5.41, 5.74) is 0. The van der Waals surface area contributed by atoms with Crippen LogP contribution >= 0.6 is 0 Å². The molecule has 120 valence electrons. The van der Waals surface area contributed by atoms with Crippen molar-refractivity contribution < 1.29 is 13.2 Å². The minimum absolute atomic E-state index is 0.167. The Hall–Kier alpha value is -0.960. The molecular formula is C13H24N4O3S. The first-order valence-corrected chi connectivity index (χ1v) is 8.72. The van der Waals surface area contributed by atoms with Gasteiger partial charge in [-0.2, -0.15) is 9.40 Å². The van der Waals surface area contributed by atoms with E-state index in [-0.39, 0.29) is 11.0 Å². The smallest absolute Gasteiger partial charge is 0.246 e. The second-order valence-electron chi connectivity index (χ2n) is 5.24. The molecule has 1 aliphatic rings. The summed E-state index contributed by atoms with van der Waals surface area (Å²) in [6, 6.07) is 0. The molecule has 0 aliphatic carbocycles. The molecule has 7 nitrogen and oxygen atoms in total. The summed E-state index contributed by atoms with van der Waals surface area (Å²) in [7, 11) is 0.138. The molecule has 0 bridgehead atoms. The predicted octanol–water partition coefficient (Wildman–Crippen LogP) is 0.292. The van der Waals surface area contributed by atoms with Gasteiger partial charge in [0.05, 0.1) is 12.3 Å². The van der Waals surface area contributed by atoms with E-state index in [9.17, 15) is 8.42 Å². The maximum Gasteiger partial charge on any atom is 0.246 e. The third kappa shape index (κ3) is 4.03. The standard InChI is InChI=1S/C13H24N4O3S/c1-14-6-3-7-16-11-13(10-15-16)21(18,19)17-8-4-12(20-2)5-9-17/h10-12,14H,3-9H2,1-2H3. The van der Waals surface area contributed by atoms with Crippen molar-refractivity contribution in [2.45, 2.75) is 36.8 Å². The van der Waals surface area contributed by atoms with Crippen molar-refractivity contribution in [3.63, 3.8) is 0 Å². The Morgan fingerprint density at radius 1 is 1.43 bits per heavy atom. The van der Waals surface area contributed by atoms with E-state index in [1.165, 1.54) is 10.5 Å². The van der Waals surface area contributed by atoms with Crippen LogP contribution in [0.2, 0.25) is 0 Å². The van der Waals surface area contributed by atoms with Gasteiger partial charge in [-0.05, 0) is 32.9 Å². The van der Waals surface area contributed by atoms with E-state index in [0.717, 1.165) is 25.8 Å². The monoisotopic (exact) mass is 316 g/mol. The fourth-order valence-corrected chi connectivity index (χ4v) is 3.90. The summed E-state index contributed by atoms with van der Waals surface area (Å²) in [5.74, 6) is 0. The number of hydrogen-bond acceptors (Lipinski definition) is 5. The quantitative estimate of drug-likeness (QED) is 0.732. The van der Waals surface area contributed by atoms with Crippen molar-refractivity contribution in [3.8, 4) is 0 Å². The van der Waals surface area contributed by atoms with Gasteiger partial charge in [0.15, 0.2) is 0 Å². The molecule has 1 aromatic heterocycles. The van der Waals surface area contributed by atoms with Gasteiger partial charge in [-0.25, -0.2) is 8.42 Å². The molecule has 2 rings (SSSR count). The van der Waals surface area contributed by atoms with Gasteiger partial charge in [0.25, 0.3) is 0 Å². The van der Waals surface area contributed by atoms with E-state index in [0.29, 0.717) is 19.6 Å². The summed E-state index contributed by atoms with van der Waals surface area (Å²) in [6.07, 6.45) is 5.63. The molecule has 2 heterocycles. The molecule has 8 heteroatoms. The molecule has 1 fully saturated rings. The molecule has 0 spiro atoms. The Labute approximate surface area is 126 Å². The number of ether oxygens (including phenoxy) is 1. The van der Waals surface area contributed by atoms with E-state index in [2.05, 4.69) is 10.4 Å². The van der Waals surface area contributed by atoms with E-state index < -0.39 is 10.0 Å². The van der Waals surface area contributed by atoms with Gasteiger partial charge in [-0.1, -0.05) is 0 Å². The predicted molar refractivity (Wildman–Crippen MR) is 79.6 cm³/mol. The average molecular weight is 316 g/mol. The van der Waals surface area contributed by atoms with Crippen molar-refractivity contribution in [3.05, 3.63) is 12.4 Å². The summed E-state index contributed by atoms with van der Waals surface area (Å²) in [4.78, 5) is 0.280. The van der Waals surface area contributed by atoms with Crippen LogP contribution in [0.5, 0.6) is 0 Å². The van der Waals surface area contributed by atoms with Crippen molar-refractivity contribution in [1.29, 1.82) is 0 Å². The second kappa shape index (κ2) is 7.35. The normalized spacial score (nSPS) is 18.2. The highest BCUT2D eigenvalue weighted by Gasteiger charge is 2.30. The highest BCUT2D eigenvalue weighted by molar-refractivity contribution is 7.89. The van der Waals surface area contributed by atoms with Gasteiger partial charge in [0.2, 0.25) is 10.0 Å². The molecule has 0 radical (unpaired) electrons. The number of nitrogens with zero attached hydrogens (tertiary/aromatic N) is 3. The minimum Gasteiger partial charge on any atom is -0.381 e. The van der Waals surface area contributed by atoms with Crippen LogP contribution in [0.1, 0.15) is 19.3 Å². The van der Waals surface area contributed by atoms with Gasteiger partial charge < -0.3 is 10.1 Å². The lowest BCUT2D eigenvalue weighted by Crippen LogP contribution is -2.40. The van der Waals surface area contributed by atoms with Crippen LogP contribution in [0.4, 0.5) is 0 Å². The van der Waals surface area contributed by atoms with Crippen molar-refractivity contribution in [2.75, 3.05) is 33.8 Å². The molecule has 0 atom stereocenters. The number of methoxy groups -OCH3 is 1. The van der Waals surface area contributed by atoms with Crippen LogP contribution in [-0.2, 0) is 21.3 Å². The highest BCUT2D eigenvalue weighted by Crippen LogP contribution is 2.21. The lowest BCUT2D eigenvalue weighted by Gasteiger charge is -2.29. The largest absolute Gasteiger partial charge is 0.381 e. The van der Waals surface area contributed by atoms with Crippen molar-refractivity contribution >= 4 is 10.0 Å². The number of rotatable bonds is 7. The lowest BCUT2D eigenvalue weighted by atomic mass is 10.1. The minimum atomic E-state index is -3.42. The number of aromatic nitrogens is 2. The van der Waals surface area contributed by atoms with Gasteiger partial charge in [-0.3, -0.25) is 4.68 Å². The first-order valence-electron chi connectivity index (χ1n) is 7.28. The van der Waals surface area contributed by atoms with Gasteiger partial charge in [-0.15, -0.1) is 0 Å². The Bertz CT molecular complexity index is 535. The van der Waals surface area contributed by atoms with Crippen LogP contribution in [0.15, 0.2) is 17.3 Å². The maximum atomic E-state index is 12.5. The topological polar surface area (TPSA) is 76.5 Å². The number of nitrogens with one attached hydrogen (secondary N) is 1. The van der Waals surface area contributed by atoms with E-state index in [1.54, 1.807) is 18.0 Å². The molecule has 0 amide bonds.